The van der Waals surface area contributed by atoms with E-state index < -0.39 is 0 Å². The average Bonchev–Trinajstić information content (AvgIpc) is 3.38. The summed E-state index contributed by atoms with van der Waals surface area (Å²) in [4.78, 5) is 31.8. The van der Waals surface area contributed by atoms with Crippen molar-refractivity contribution in [3.8, 4) is 16.9 Å². The third-order valence-corrected chi connectivity index (χ3v) is 8.25. The standard InChI is InChI=1S/C37H20N2O4/c40-35-23-9-2-4-14-32(23)42-33-19-27-34(20-26(33)35)43-37-24(36(27)41)10-7-13-31(37)39-29-12-3-1-8-22(29)25-18-21(15-16-30(25)39)28-11-5-6-17-38-28/h1-20H. The van der Waals surface area contributed by atoms with E-state index in [4.69, 9.17) is 8.83 Å². The lowest BCUT2D eigenvalue weighted by Gasteiger charge is -2.12. The van der Waals surface area contributed by atoms with Crippen LogP contribution in [0.5, 0.6) is 0 Å². The molecule has 0 saturated carbocycles. The van der Waals surface area contributed by atoms with Crippen molar-refractivity contribution in [2.45, 2.75) is 0 Å². The zero-order valence-corrected chi connectivity index (χ0v) is 22.6. The van der Waals surface area contributed by atoms with Gasteiger partial charge in [-0.3, -0.25) is 14.6 Å². The number of nitrogens with zero attached hydrogens (tertiary/aromatic N) is 2. The Hall–Kier alpha value is -6.01. The van der Waals surface area contributed by atoms with E-state index in [1.165, 1.54) is 0 Å². The average molecular weight is 557 g/mol. The van der Waals surface area contributed by atoms with Crippen LogP contribution in [0.1, 0.15) is 0 Å². The maximum Gasteiger partial charge on any atom is 0.200 e. The highest BCUT2D eigenvalue weighted by Gasteiger charge is 2.19. The molecule has 202 valence electrons. The highest BCUT2D eigenvalue weighted by atomic mass is 16.3. The molecule has 0 unspecified atom stereocenters. The molecule has 9 aromatic rings. The smallest absolute Gasteiger partial charge is 0.200 e. The van der Waals surface area contributed by atoms with Crippen molar-refractivity contribution in [2.24, 2.45) is 0 Å². The molecule has 5 aromatic carbocycles. The first-order valence-electron chi connectivity index (χ1n) is 14.0. The number of para-hydroxylation sites is 3. The summed E-state index contributed by atoms with van der Waals surface area (Å²) in [6.45, 7) is 0. The Labute approximate surface area is 242 Å². The van der Waals surface area contributed by atoms with E-state index in [9.17, 15) is 9.59 Å². The van der Waals surface area contributed by atoms with Gasteiger partial charge in [-0.2, -0.15) is 0 Å². The van der Waals surface area contributed by atoms with Crippen LogP contribution in [0.25, 0.3) is 82.6 Å². The van der Waals surface area contributed by atoms with E-state index in [1.807, 2.05) is 48.5 Å². The van der Waals surface area contributed by atoms with Crippen molar-refractivity contribution < 1.29 is 8.83 Å². The van der Waals surface area contributed by atoms with Gasteiger partial charge in [0.25, 0.3) is 0 Å². The Morgan fingerprint density at radius 3 is 2.05 bits per heavy atom. The van der Waals surface area contributed by atoms with Crippen LogP contribution in [-0.4, -0.2) is 9.55 Å². The predicted molar refractivity (Wildman–Crippen MR) is 171 cm³/mol. The van der Waals surface area contributed by atoms with Gasteiger partial charge in [0.15, 0.2) is 5.58 Å². The highest BCUT2D eigenvalue weighted by molar-refractivity contribution is 6.11. The fourth-order valence-electron chi connectivity index (χ4n) is 6.26. The van der Waals surface area contributed by atoms with Gasteiger partial charge in [0, 0.05) is 22.5 Å². The molecule has 4 heterocycles. The molecular weight excluding hydrogens is 536 g/mol. The van der Waals surface area contributed by atoms with Crippen LogP contribution in [0.15, 0.2) is 140 Å². The summed E-state index contributed by atoms with van der Waals surface area (Å²) < 4.78 is 14.7. The molecule has 0 bridgehead atoms. The molecule has 0 amide bonds. The number of hydrogen-bond acceptors (Lipinski definition) is 5. The van der Waals surface area contributed by atoms with E-state index in [2.05, 4.69) is 39.9 Å². The van der Waals surface area contributed by atoms with E-state index in [0.29, 0.717) is 43.9 Å². The summed E-state index contributed by atoms with van der Waals surface area (Å²) in [5, 5.41) is 3.79. The van der Waals surface area contributed by atoms with Crippen molar-refractivity contribution >= 4 is 65.7 Å². The molecule has 6 heteroatoms. The quantitative estimate of drug-likeness (QED) is 0.200. The zero-order valence-electron chi connectivity index (χ0n) is 22.6. The van der Waals surface area contributed by atoms with Crippen LogP contribution < -0.4 is 10.9 Å². The number of fused-ring (bicyclic) bond motifs is 7. The fraction of sp³-hybridized carbons (Fsp3) is 0. The van der Waals surface area contributed by atoms with E-state index in [1.54, 1.807) is 42.6 Å². The molecule has 9 rings (SSSR count). The van der Waals surface area contributed by atoms with Gasteiger partial charge in [0.2, 0.25) is 10.9 Å². The van der Waals surface area contributed by atoms with Crippen LogP contribution >= 0.6 is 0 Å². The molecule has 0 saturated heterocycles. The predicted octanol–water partition coefficient (Wildman–Crippen LogP) is 8.36. The first-order valence-corrected chi connectivity index (χ1v) is 14.0. The molecule has 0 radical (unpaired) electrons. The Morgan fingerprint density at radius 2 is 1.21 bits per heavy atom. The van der Waals surface area contributed by atoms with E-state index in [-0.39, 0.29) is 10.9 Å². The summed E-state index contributed by atoms with van der Waals surface area (Å²) >= 11 is 0. The van der Waals surface area contributed by atoms with Crippen LogP contribution in [0.2, 0.25) is 0 Å². The maximum absolute atomic E-state index is 13.9. The highest BCUT2D eigenvalue weighted by Crippen LogP contribution is 2.37. The van der Waals surface area contributed by atoms with Gasteiger partial charge in [-0.05, 0) is 66.7 Å². The third-order valence-electron chi connectivity index (χ3n) is 8.25. The molecule has 0 N–H and O–H groups in total. The van der Waals surface area contributed by atoms with Crippen molar-refractivity contribution in [1.29, 1.82) is 0 Å². The van der Waals surface area contributed by atoms with Crippen molar-refractivity contribution in [3.63, 3.8) is 0 Å². The number of aromatic nitrogens is 2. The Bertz CT molecular complexity index is 2720. The minimum absolute atomic E-state index is 0.166. The second kappa shape index (κ2) is 8.74. The van der Waals surface area contributed by atoms with E-state index in [0.717, 1.165) is 38.8 Å². The van der Waals surface area contributed by atoms with Gasteiger partial charge in [0.05, 0.1) is 44.0 Å². The lowest BCUT2D eigenvalue weighted by molar-refractivity contribution is 0.651. The van der Waals surface area contributed by atoms with Gasteiger partial charge in [-0.1, -0.05) is 48.5 Å². The SMILES string of the molecule is O=c1c2ccccc2oc2cc3c(=O)c4cccc(-n5c6ccccc6c6cc(-c7ccccn7)ccc65)c4oc3cc12. The summed E-state index contributed by atoms with van der Waals surface area (Å²) in [6.07, 6.45) is 1.79. The molecule has 0 aliphatic heterocycles. The second-order valence-corrected chi connectivity index (χ2v) is 10.7. The summed E-state index contributed by atoms with van der Waals surface area (Å²) in [5.74, 6) is 0. The number of benzene rings is 5. The largest absolute Gasteiger partial charge is 0.456 e. The summed E-state index contributed by atoms with van der Waals surface area (Å²) in [5.41, 5.74) is 5.86. The van der Waals surface area contributed by atoms with Gasteiger partial charge in [0.1, 0.15) is 16.7 Å². The molecule has 4 aromatic heterocycles. The lowest BCUT2D eigenvalue weighted by Crippen LogP contribution is -2.07. The first kappa shape index (κ1) is 23.7. The summed E-state index contributed by atoms with van der Waals surface area (Å²) in [7, 11) is 0. The monoisotopic (exact) mass is 556 g/mol. The topological polar surface area (TPSA) is 78.2 Å². The summed E-state index contributed by atoms with van der Waals surface area (Å²) in [6, 6.07) is 36.3. The Kier molecular flexibility index (Phi) is 4.81. The van der Waals surface area contributed by atoms with Crippen LogP contribution in [0.4, 0.5) is 0 Å². The van der Waals surface area contributed by atoms with Crippen molar-refractivity contribution in [1.82, 2.24) is 9.55 Å². The molecule has 0 aliphatic rings. The van der Waals surface area contributed by atoms with Gasteiger partial charge in [-0.25, -0.2) is 0 Å². The first-order chi connectivity index (χ1) is 21.2. The Balaban J connectivity index is 1.36. The molecule has 0 fully saturated rings. The van der Waals surface area contributed by atoms with E-state index >= 15 is 0 Å². The normalized spacial score (nSPS) is 11.9. The van der Waals surface area contributed by atoms with Gasteiger partial charge >= 0.3 is 0 Å². The fourth-order valence-corrected chi connectivity index (χ4v) is 6.26. The van der Waals surface area contributed by atoms with Crippen LogP contribution in [-0.2, 0) is 0 Å². The van der Waals surface area contributed by atoms with Crippen molar-refractivity contribution in [2.75, 3.05) is 0 Å². The van der Waals surface area contributed by atoms with Crippen LogP contribution in [0, 0.1) is 0 Å². The number of pyridine rings is 1. The molecule has 6 nitrogen and oxygen atoms in total. The van der Waals surface area contributed by atoms with Gasteiger partial charge < -0.3 is 13.4 Å². The number of hydrogen-bond donors (Lipinski definition) is 0. The maximum atomic E-state index is 13.9. The second-order valence-electron chi connectivity index (χ2n) is 10.7. The minimum atomic E-state index is -0.186. The molecule has 0 atom stereocenters. The molecular formula is C37H20N2O4. The number of rotatable bonds is 2. The molecule has 0 aliphatic carbocycles. The minimum Gasteiger partial charge on any atom is -0.456 e. The third kappa shape index (κ3) is 3.38. The van der Waals surface area contributed by atoms with Crippen molar-refractivity contribution in [3.05, 3.63) is 142 Å². The Morgan fingerprint density at radius 1 is 0.512 bits per heavy atom. The lowest BCUT2D eigenvalue weighted by atomic mass is 10.1. The zero-order chi connectivity index (χ0) is 28.7. The molecule has 43 heavy (non-hydrogen) atoms. The molecule has 0 spiro atoms. The van der Waals surface area contributed by atoms with Crippen LogP contribution in [0.3, 0.4) is 0 Å². The van der Waals surface area contributed by atoms with Gasteiger partial charge in [-0.15, -0.1) is 0 Å².